The Morgan fingerprint density at radius 1 is 0.880 bits per heavy atom. The predicted molar refractivity (Wildman–Crippen MR) is 86.3 cm³/mol. The molecule has 0 aliphatic carbocycles. The molecule has 8 heteroatoms. The first kappa shape index (κ1) is 24.1. The summed E-state index contributed by atoms with van der Waals surface area (Å²) in [5.74, 6) is 0.364. The smallest absolute Gasteiger partial charge is 1.00 e. The molecular formula is C17H23Cl2N3O2Ti. The maximum Gasteiger partial charge on any atom is -1.00 e. The maximum absolute atomic E-state index is 10.8. The molecule has 0 aliphatic rings. The van der Waals surface area contributed by atoms with Gasteiger partial charge in [-0.15, -0.1) is 0 Å². The second kappa shape index (κ2) is 8.67. The van der Waals surface area contributed by atoms with Crippen molar-refractivity contribution in [3.05, 3.63) is 29.5 Å². The summed E-state index contributed by atoms with van der Waals surface area (Å²) in [5.41, 5.74) is 1.26. The van der Waals surface area contributed by atoms with Crippen LogP contribution in [-0.2, 0) is 30.0 Å². The van der Waals surface area contributed by atoms with E-state index < -0.39 is 19.2 Å². The van der Waals surface area contributed by atoms with Crippen LogP contribution in [0.15, 0.2) is 18.3 Å². The molecule has 1 aromatic carbocycles. The monoisotopic (exact) mass is 419 g/mol. The molecule has 0 spiro atoms. The number of benzene rings is 1. The number of hydrogen-bond donors (Lipinski definition) is 2. The van der Waals surface area contributed by atoms with Crippen molar-refractivity contribution in [3.63, 3.8) is 0 Å². The molecular weight excluding hydrogens is 397 g/mol. The second-order valence-corrected chi connectivity index (χ2v) is 9.65. The van der Waals surface area contributed by atoms with Crippen LogP contribution in [0.4, 0.5) is 0 Å². The van der Waals surface area contributed by atoms with Crippen LogP contribution < -0.4 is 32.7 Å². The van der Waals surface area contributed by atoms with E-state index in [0.29, 0.717) is 3.87 Å². The molecule has 0 aliphatic heterocycles. The van der Waals surface area contributed by atoms with Gasteiger partial charge in [0.25, 0.3) is 0 Å². The van der Waals surface area contributed by atoms with Gasteiger partial charge >= 0.3 is 146 Å². The topological polar surface area (TPSA) is 79.1 Å². The Hall–Kier alpha value is -0.876. The van der Waals surface area contributed by atoms with Crippen LogP contribution in [0.3, 0.4) is 0 Å². The Balaban J connectivity index is 0.00000288. The molecule has 0 fully saturated rings. The van der Waals surface area contributed by atoms with Gasteiger partial charge in [0, 0.05) is 0 Å². The summed E-state index contributed by atoms with van der Waals surface area (Å²) >= 11 is -1.02. The molecule has 0 saturated carbocycles. The molecule has 1 heterocycles. The van der Waals surface area contributed by atoms with Gasteiger partial charge in [0.05, 0.1) is 0 Å². The summed E-state index contributed by atoms with van der Waals surface area (Å²) in [7, 11) is 0. The maximum atomic E-state index is 10.8. The standard InChI is InChI=1S/C14H21O2.C3H2N3.2ClH.Ti/c1-13(2,3)9-7-10(14(4,5)6)12(16)8-11(9)15;1-2-4-6-5-3-1;;;/h7,15-16H,1-6H3;1-2H;2*1H;/q;;;;+2/p-2. The van der Waals surface area contributed by atoms with E-state index >= 15 is 0 Å². The van der Waals surface area contributed by atoms with Crippen LogP contribution in [0.25, 0.3) is 0 Å². The molecule has 0 amide bonds. The predicted octanol–water partition coefficient (Wildman–Crippen LogP) is -4.08. The molecule has 0 saturated heterocycles. The van der Waals surface area contributed by atoms with E-state index in [2.05, 4.69) is 57.0 Å². The van der Waals surface area contributed by atoms with E-state index in [1.54, 1.807) is 12.3 Å². The molecule has 0 atom stereocenters. The Morgan fingerprint density at radius 2 is 1.36 bits per heavy atom. The number of phenols is 2. The van der Waals surface area contributed by atoms with Crippen molar-refractivity contribution in [3.8, 4) is 11.5 Å². The number of aromatic nitrogens is 3. The van der Waals surface area contributed by atoms with E-state index in [1.807, 2.05) is 6.07 Å². The number of aromatic hydroxyl groups is 2. The third-order valence-corrected chi connectivity index (χ3v) is 5.59. The van der Waals surface area contributed by atoms with E-state index in [-0.39, 0.29) is 47.1 Å². The second-order valence-electron chi connectivity index (χ2n) is 7.67. The van der Waals surface area contributed by atoms with Crippen molar-refractivity contribution >= 4 is 7.87 Å². The Morgan fingerprint density at radius 3 is 1.72 bits per heavy atom. The quantitative estimate of drug-likeness (QED) is 0.484. The Bertz CT molecular complexity index is 676. The van der Waals surface area contributed by atoms with Crippen LogP contribution >= 0.6 is 0 Å². The minimum Gasteiger partial charge on any atom is -1.00 e. The van der Waals surface area contributed by atoms with Gasteiger partial charge in [-0.2, -0.15) is 0 Å². The van der Waals surface area contributed by atoms with Gasteiger partial charge < -0.3 is 24.8 Å². The number of hydrogen-bond acceptors (Lipinski definition) is 5. The largest absolute Gasteiger partial charge is 1.00 e. The van der Waals surface area contributed by atoms with Crippen molar-refractivity contribution < 1.29 is 54.2 Å². The van der Waals surface area contributed by atoms with Crippen LogP contribution in [0, 0.1) is 0 Å². The van der Waals surface area contributed by atoms with Crippen molar-refractivity contribution in [2.24, 2.45) is 0 Å². The SMILES string of the molecule is CC(C)(C)c1cc(C(C)(C)C)c(O)[c]([Ti+2][c]2ccnnn2)c1O.[Cl-].[Cl-]. The number of phenolic OH excluding ortho intramolecular Hbond substituents is 2. The zero-order chi connectivity index (χ0) is 17.4. The molecule has 25 heavy (non-hydrogen) atoms. The molecule has 1 aromatic heterocycles. The normalized spacial score (nSPS) is 11.1. The van der Waals surface area contributed by atoms with Gasteiger partial charge in [-0.3, -0.25) is 0 Å². The molecule has 5 nitrogen and oxygen atoms in total. The van der Waals surface area contributed by atoms with Gasteiger partial charge in [-0.1, -0.05) is 0 Å². The van der Waals surface area contributed by atoms with Gasteiger partial charge in [0.1, 0.15) is 0 Å². The number of nitrogens with zero attached hydrogens (tertiary/aromatic N) is 3. The molecule has 0 bridgehead atoms. The third-order valence-electron chi connectivity index (χ3n) is 3.64. The van der Waals surface area contributed by atoms with Crippen LogP contribution in [-0.4, -0.2) is 25.6 Å². The Kier molecular flexibility index (Phi) is 8.37. The average Bonchev–Trinajstić information content (AvgIpc) is 2.41. The average molecular weight is 420 g/mol. The minimum absolute atomic E-state index is 0. The summed E-state index contributed by atoms with van der Waals surface area (Å²) < 4.78 is 1.39. The number of rotatable bonds is 2. The third kappa shape index (κ3) is 5.55. The van der Waals surface area contributed by atoms with E-state index in [9.17, 15) is 10.2 Å². The van der Waals surface area contributed by atoms with E-state index in [0.717, 1.165) is 15.1 Å². The van der Waals surface area contributed by atoms with Gasteiger partial charge in [0.2, 0.25) is 0 Å². The Labute approximate surface area is 170 Å². The zero-order valence-corrected chi connectivity index (χ0v) is 18.3. The first-order valence-corrected chi connectivity index (χ1v) is 9.09. The van der Waals surface area contributed by atoms with Crippen molar-refractivity contribution in [1.29, 1.82) is 0 Å². The fraction of sp³-hybridized carbons (Fsp3) is 0.471. The van der Waals surface area contributed by atoms with Crippen molar-refractivity contribution in [1.82, 2.24) is 15.4 Å². The van der Waals surface area contributed by atoms with Gasteiger partial charge in [-0.05, 0) is 0 Å². The summed E-state index contributed by atoms with van der Waals surface area (Å²) in [6.07, 6.45) is 1.58. The fourth-order valence-corrected chi connectivity index (χ4v) is 3.94. The molecule has 2 aromatic rings. The first-order chi connectivity index (χ1) is 10.5. The fourth-order valence-electron chi connectivity index (χ4n) is 2.36. The number of halogens is 2. The summed E-state index contributed by atoms with van der Waals surface area (Å²) in [6.45, 7) is 12.3. The van der Waals surface area contributed by atoms with Crippen LogP contribution in [0.5, 0.6) is 11.5 Å². The molecule has 2 N–H and O–H groups in total. The van der Waals surface area contributed by atoms with E-state index in [4.69, 9.17) is 0 Å². The van der Waals surface area contributed by atoms with Crippen LogP contribution in [0.2, 0.25) is 0 Å². The summed E-state index contributed by atoms with van der Waals surface area (Å²) in [5, 5.41) is 32.9. The van der Waals surface area contributed by atoms with Crippen LogP contribution in [0.1, 0.15) is 52.7 Å². The molecule has 0 unspecified atom stereocenters. The van der Waals surface area contributed by atoms with E-state index in [1.165, 1.54) is 0 Å². The minimum atomic E-state index is -1.02. The summed E-state index contributed by atoms with van der Waals surface area (Å²) in [4.78, 5) is 0. The molecule has 2 rings (SSSR count). The van der Waals surface area contributed by atoms with Gasteiger partial charge in [-0.25, -0.2) is 0 Å². The molecule has 136 valence electrons. The van der Waals surface area contributed by atoms with Gasteiger partial charge in [0.15, 0.2) is 0 Å². The van der Waals surface area contributed by atoms with Crippen molar-refractivity contribution in [2.75, 3.05) is 0 Å². The first-order valence-electron chi connectivity index (χ1n) is 7.53. The van der Waals surface area contributed by atoms with Crippen molar-refractivity contribution in [2.45, 2.75) is 52.4 Å². The zero-order valence-electron chi connectivity index (χ0n) is 15.2. The summed E-state index contributed by atoms with van der Waals surface area (Å²) in [6, 6.07) is 3.71. The molecule has 0 radical (unpaired) electrons.